The van der Waals surface area contributed by atoms with E-state index in [1.807, 2.05) is 76.2 Å². The molecule has 2 aromatic carbocycles. The summed E-state index contributed by atoms with van der Waals surface area (Å²) < 4.78 is 30.7. The van der Waals surface area contributed by atoms with Gasteiger partial charge < -0.3 is 19.1 Å². The highest BCUT2D eigenvalue weighted by molar-refractivity contribution is 7.54. The molecule has 1 saturated heterocycles. The molecular formula is C21H28NO4P. The maximum atomic E-state index is 13.6. The minimum atomic E-state index is -3.39. The van der Waals surface area contributed by atoms with Crippen molar-refractivity contribution in [3.63, 3.8) is 0 Å². The van der Waals surface area contributed by atoms with E-state index in [1.165, 1.54) is 0 Å². The standard InChI is InChI=1S/C21H28NO4P/c1-5-24-19-12-8-17(9-13-19)20(22-18-10-6-16(2)7-11-18)27(23)25-14-21(3,4)15-26-27/h6-13,20,22H,5,14-15H2,1-4H3/t20-/m1/s1. The topological polar surface area (TPSA) is 56.8 Å². The van der Waals surface area contributed by atoms with Crippen LogP contribution in [0.15, 0.2) is 48.5 Å². The Bertz CT molecular complexity index is 788. The number of rotatable bonds is 6. The number of aryl methyl sites for hydroxylation is 1. The smallest absolute Gasteiger partial charge is 0.357 e. The van der Waals surface area contributed by atoms with Gasteiger partial charge in [0.1, 0.15) is 5.75 Å². The zero-order valence-electron chi connectivity index (χ0n) is 16.4. The van der Waals surface area contributed by atoms with E-state index in [2.05, 4.69) is 5.32 Å². The molecule has 0 radical (unpaired) electrons. The lowest BCUT2D eigenvalue weighted by Gasteiger charge is -2.38. The Morgan fingerprint density at radius 2 is 1.67 bits per heavy atom. The lowest BCUT2D eigenvalue weighted by molar-refractivity contribution is 0.0387. The van der Waals surface area contributed by atoms with E-state index in [-0.39, 0.29) is 5.41 Å². The van der Waals surface area contributed by atoms with E-state index in [1.54, 1.807) is 0 Å². The molecule has 0 saturated carbocycles. The first-order valence-corrected chi connectivity index (χ1v) is 10.9. The maximum absolute atomic E-state index is 13.6. The third-order valence-corrected chi connectivity index (χ3v) is 6.49. The van der Waals surface area contributed by atoms with E-state index in [0.29, 0.717) is 19.8 Å². The fraction of sp³-hybridized carbons (Fsp3) is 0.429. The molecule has 2 aromatic rings. The summed E-state index contributed by atoms with van der Waals surface area (Å²) in [6.07, 6.45) is 0. The molecule has 6 heteroatoms. The molecular weight excluding hydrogens is 361 g/mol. The molecule has 0 aliphatic carbocycles. The van der Waals surface area contributed by atoms with Gasteiger partial charge in [0.2, 0.25) is 0 Å². The Morgan fingerprint density at radius 3 is 2.22 bits per heavy atom. The van der Waals surface area contributed by atoms with Gasteiger partial charge in [-0.15, -0.1) is 0 Å². The number of nitrogens with one attached hydrogen (secondary N) is 1. The van der Waals surface area contributed by atoms with Crippen LogP contribution in [0.25, 0.3) is 0 Å². The summed E-state index contributed by atoms with van der Waals surface area (Å²) in [6, 6.07) is 15.5. The second kappa shape index (κ2) is 8.05. The normalized spacial score (nSPS) is 19.3. The first kappa shape index (κ1) is 19.9. The van der Waals surface area contributed by atoms with Gasteiger partial charge in [0, 0.05) is 11.1 Å². The van der Waals surface area contributed by atoms with Gasteiger partial charge in [-0.1, -0.05) is 43.7 Å². The van der Waals surface area contributed by atoms with E-state index in [0.717, 1.165) is 22.6 Å². The van der Waals surface area contributed by atoms with Crippen LogP contribution in [0.3, 0.4) is 0 Å². The van der Waals surface area contributed by atoms with Crippen LogP contribution in [0.2, 0.25) is 0 Å². The second-order valence-electron chi connectivity index (χ2n) is 7.67. The molecule has 146 valence electrons. The summed E-state index contributed by atoms with van der Waals surface area (Å²) in [5, 5.41) is 3.36. The van der Waals surface area contributed by atoms with Crippen molar-refractivity contribution in [3.05, 3.63) is 59.7 Å². The average molecular weight is 389 g/mol. The van der Waals surface area contributed by atoms with E-state index in [9.17, 15) is 4.57 Å². The molecule has 3 rings (SSSR count). The van der Waals surface area contributed by atoms with Crippen molar-refractivity contribution in [2.75, 3.05) is 25.1 Å². The van der Waals surface area contributed by atoms with Gasteiger partial charge in [-0.25, -0.2) is 0 Å². The van der Waals surface area contributed by atoms with Crippen molar-refractivity contribution < 1.29 is 18.3 Å². The molecule has 1 heterocycles. The molecule has 0 aromatic heterocycles. The summed E-state index contributed by atoms with van der Waals surface area (Å²) in [5.41, 5.74) is 2.71. The third-order valence-electron chi connectivity index (χ3n) is 4.45. The Hall–Kier alpha value is -1.81. The highest BCUT2D eigenvalue weighted by atomic mass is 31.2. The van der Waals surface area contributed by atoms with Gasteiger partial charge in [-0.2, -0.15) is 0 Å². The van der Waals surface area contributed by atoms with Crippen molar-refractivity contribution in [2.45, 2.75) is 33.5 Å². The fourth-order valence-corrected chi connectivity index (χ4v) is 5.10. The Kier molecular flexibility index (Phi) is 5.95. The highest BCUT2D eigenvalue weighted by Crippen LogP contribution is 2.64. The molecule has 0 spiro atoms. The van der Waals surface area contributed by atoms with Crippen molar-refractivity contribution in [1.29, 1.82) is 0 Å². The number of benzene rings is 2. The lowest BCUT2D eigenvalue weighted by Crippen LogP contribution is -2.31. The molecule has 1 N–H and O–H groups in total. The Morgan fingerprint density at radius 1 is 1.07 bits per heavy atom. The van der Waals surface area contributed by atoms with Crippen LogP contribution in [0.1, 0.15) is 37.7 Å². The number of ether oxygens (including phenoxy) is 1. The summed E-state index contributed by atoms with van der Waals surface area (Å²) in [5.74, 6) is 0.187. The van der Waals surface area contributed by atoms with Gasteiger partial charge in [0.15, 0.2) is 5.78 Å². The van der Waals surface area contributed by atoms with Crippen LogP contribution in [0.5, 0.6) is 5.75 Å². The van der Waals surface area contributed by atoms with Crippen molar-refractivity contribution in [1.82, 2.24) is 0 Å². The summed E-state index contributed by atoms with van der Waals surface area (Å²) in [6.45, 7) is 9.45. The molecule has 1 aliphatic rings. The lowest BCUT2D eigenvalue weighted by atomic mass is 9.97. The minimum Gasteiger partial charge on any atom is -0.494 e. The zero-order valence-corrected chi connectivity index (χ0v) is 17.3. The first-order chi connectivity index (χ1) is 12.8. The van der Waals surface area contributed by atoms with Crippen LogP contribution in [-0.4, -0.2) is 19.8 Å². The van der Waals surface area contributed by atoms with Crippen LogP contribution in [0, 0.1) is 12.3 Å². The van der Waals surface area contributed by atoms with Gasteiger partial charge in [0.05, 0.1) is 19.8 Å². The highest BCUT2D eigenvalue weighted by Gasteiger charge is 2.43. The minimum absolute atomic E-state index is 0.152. The van der Waals surface area contributed by atoms with Gasteiger partial charge in [-0.3, -0.25) is 4.57 Å². The largest absolute Gasteiger partial charge is 0.494 e. The number of hydrogen-bond donors (Lipinski definition) is 1. The summed E-state index contributed by atoms with van der Waals surface area (Å²) in [7, 11) is -3.39. The predicted molar refractivity (Wildman–Crippen MR) is 108 cm³/mol. The van der Waals surface area contributed by atoms with Crippen LogP contribution < -0.4 is 10.1 Å². The molecule has 5 nitrogen and oxygen atoms in total. The molecule has 27 heavy (non-hydrogen) atoms. The second-order valence-corrected chi connectivity index (χ2v) is 9.78. The maximum Gasteiger partial charge on any atom is 0.357 e. The molecule has 1 fully saturated rings. The molecule has 1 aliphatic heterocycles. The van der Waals surface area contributed by atoms with Crippen molar-refractivity contribution in [2.24, 2.45) is 5.41 Å². The van der Waals surface area contributed by atoms with E-state index < -0.39 is 13.4 Å². The number of anilines is 1. The van der Waals surface area contributed by atoms with Gasteiger partial charge in [-0.05, 0) is 43.7 Å². The van der Waals surface area contributed by atoms with Crippen molar-refractivity contribution >= 4 is 13.3 Å². The predicted octanol–water partition coefficient (Wildman–Crippen LogP) is 5.77. The molecule has 1 atom stereocenters. The zero-order chi connectivity index (χ0) is 19.5. The third kappa shape index (κ3) is 4.92. The quantitative estimate of drug-likeness (QED) is 0.636. The van der Waals surface area contributed by atoms with Crippen molar-refractivity contribution in [3.8, 4) is 5.75 Å². The molecule has 0 bridgehead atoms. The monoisotopic (exact) mass is 389 g/mol. The Labute approximate surface area is 161 Å². The molecule has 0 unspecified atom stereocenters. The van der Waals surface area contributed by atoms with E-state index >= 15 is 0 Å². The van der Waals surface area contributed by atoms with Crippen LogP contribution in [-0.2, 0) is 13.6 Å². The number of hydrogen-bond acceptors (Lipinski definition) is 5. The van der Waals surface area contributed by atoms with Crippen LogP contribution >= 0.6 is 7.60 Å². The molecule has 0 amide bonds. The van der Waals surface area contributed by atoms with E-state index in [4.69, 9.17) is 13.8 Å². The fourth-order valence-electron chi connectivity index (χ4n) is 2.82. The average Bonchev–Trinajstić information content (AvgIpc) is 2.65. The summed E-state index contributed by atoms with van der Waals surface area (Å²) in [4.78, 5) is 0. The summed E-state index contributed by atoms with van der Waals surface area (Å²) >= 11 is 0. The van der Waals surface area contributed by atoms with Gasteiger partial charge in [0.25, 0.3) is 0 Å². The van der Waals surface area contributed by atoms with Gasteiger partial charge >= 0.3 is 7.60 Å². The Balaban J connectivity index is 1.90. The SMILES string of the molecule is CCOc1ccc([C@H](Nc2ccc(C)cc2)P2(=O)OCC(C)(C)CO2)cc1. The first-order valence-electron chi connectivity index (χ1n) is 9.26. The van der Waals surface area contributed by atoms with Crippen LogP contribution in [0.4, 0.5) is 5.69 Å².